The van der Waals surface area contributed by atoms with Gasteiger partial charge >= 0.3 is 0 Å². The first-order chi connectivity index (χ1) is 21.8. The number of rotatable bonds is 14. The summed E-state index contributed by atoms with van der Waals surface area (Å²) in [5.41, 5.74) is 5.95. The number of likely N-dealkylation sites (tertiary alicyclic amines) is 1. The molecule has 1 aliphatic heterocycles. The van der Waals surface area contributed by atoms with Crippen molar-refractivity contribution in [1.29, 1.82) is 0 Å². The predicted molar refractivity (Wildman–Crippen MR) is 188 cm³/mol. The first kappa shape index (κ1) is 32.2. The summed E-state index contributed by atoms with van der Waals surface area (Å²) < 4.78 is 0. The molecule has 1 saturated heterocycles. The quantitative estimate of drug-likeness (QED) is 0.137. The SMILES string of the molecule is CCCN(CC)CCC(=O)Nc1ccc2c(Nc3ccc(N(C)C)cc3)c3ccc(NC(=O)CCN4CCCC4)cc3nc2c1. The van der Waals surface area contributed by atoms with Gasteiger partial charge in [-0.3, -0.25) is 9.59 Å². The number of carbonyl (C=O) groups excluding carboxylic acids is 2. The number of hydrogen-bond donors (Lipinski definition) is 3. The Morgan fingerprint density at radius 1 is 0.778 bits per heavy atom. The Labute approximate surface area is 267 Å². The Bertz CT molecular complexity index is 1610. The molecule has 0 aliphatic carbocycles. The van der Waals surface area contributed by atoms with Crippen molar-refractivity contribution >= 4 is 62.1 Å². The van der Waals surface area contributed by atoms with Gasteiger partial charge in [0.25, 0.3) is 0 Å². The van der Waals surface area contributed by atoms with Crippen LogP contribution in [0.1, 0.15) is 46.0 Å². The van der Waals surface area contributed by atoms with Crippen molar-refractivity contribution in [1.82, 2.24) is 14.8 Å². The van der Waals surface area contributed by atoms with Crippen LogP contribution in [-0.2, 0) is 9.59 Å². The first-order valence-electron chi connectivity index (χ1n) is 16.3. The summed E-state index contributed by atoms with van der Waals surface area (Å²) in [6, 6.07) is 20.1. The second-order valence-electron chi connectivity index (χ2n) is 12.1. The molecule has 45 heavy (non-hydrogen) atoms. The average Bonchev–Trinajstić information content (AvgIpc) is 3.56. The molecule has 4 aromatic rings. The maximum atomic E-state index is 12.8. The third-order valence-corrected chi connectivity index (χ3v) is 8.49. The van der Waals surface area contributed by atoms with E-state index in [2.05, 4.69) is 68.8 Å². The zero-order valence-corrected chi connectivity index (χ0v) is 27.2. The van der Waals surface area contributed by atoms with Gasteiger partial charge in [0.1, 0.15) is 0 Å². The summed E-state index contributed by atoms with van der Waals surface area (Å²) >= 11 is 0. The van der Waals surface area contributed by atoms with Gasteiger partial charge in [-0.25, -0.2) is 4.98 Å². The van der Waals surface area contributed by atoms with Crippen molar-refractivity contribution in [2.24, 2.45) is 0 Å². The molecule has 238 valence electrons. The molecule has 0 bridgehead atoms. The molecule has 2 amide bonds. The van der Waals surface area contributed by atoms with Gasteiger partial charge in [0.2, 0.25) is 11.8 Å². The lowest BCUT2D eigenvalue weighted by Crippen LogP contribution is -2.28. The van der Waals surface area contributed by atoms with E-state index < -0.39 is 0 Å². The molecule has 9 nitrogen and oxygen atoms in total. The molecule has 5 rings (SSSR count). The van der Waals surface area contributed by atoms with Crippen molar-refractivity contribution in [3.63, 3.8) is 0 Å². The van der Waals surface area contributed by atoms with Crippen LogP contribution in [0.2, 0.25) is 0 Å². The Hall–Kier alpha value is -4.21. The van der Waals surface area contributed by atoms with Gasteiger partial charge in [-0.2, -0.15) is 0 Å². The minimum absolute atomic E-state index is 0.00643. The summed E-state index contributed by atoms with van der Waals surface area (Å²) in [6.45, 7) is 9.88. The van der Waals surface area contributed by atoms with Crippen LogP contribution in [0.3, 0.4) is 0 Å². The molecule has 3 aromatic carbocycles. The van der Waals surface area contributed by atoms with Crippen molar-refractivity contribution in [2.45, 2.75) is 46.0 Å². The fourth-order valence-electron chi connectivity index (χ4n) is 5.94. The topological polar surface area (TPSA) is 92.8 Å². The van der Waals surface area contributed by atoms with E-state index in [-0.39, 0.29) is 11.8 Å². The van der Waals surface area contributed by atoms with E-state index in [1.54, 1.807) is 0 Å². The van der Waals surface area contributed by atoms with Crippen LogP contribution in [0.4, 0.5) is 28.4 Å². The Kier molecular flexibility index (Phi) is 10.9. The Balaban J connectivity index is 1.42. The van der Waals surface area contributed by atoms with Gasteiger partial charge in [0.05, 0.1) is 16.7 Å². The minimum atomic E-state index is -0.0112. The van der Waals surface area contributed by atoms with E-state index in [1.807, 2.05) is 50.5 Å². The molecule has 0 spiro atoms. The van der Waals surface area contributed by atoms with Crippen LogP contribution < -0.4 is 20.9 Å². The molecule has 2 heterocycles. The highest BCUT2D eigenvalue weighted by atomic mass is 16.2. The lowest BCUT2D eigenvalue weighted by atomic mass is 10.1. The fourth-order valence-corrected chi connectivity index (χ4v) is 5.94. The predicted octanol–water partition coefficient (Wildman–Crippen LogP) is 6.68. The lowest BCUT2D eigenvalue weighted by Gasteiger charge is -2.19. The van der Waals surface area contributed by atoms with E-state index in [4.69, 9.17) is 4.98 Å². The third-order valence-electron chi connectivity index (χ3n) is 8.49. The number of anilines is 5. The number of pyridine rings is 1. The third kappa shape index (κ3) is 8.49. The maximum Gasteiger partial charge on any atom is 0.225 e. The van der Waals surface area contributed by atoms with Gasteiger partial charge in [-0.1, -0.05) is 13.8 Å². The number of nitrogens with zero attached hydrogens (tertiary/aromatic N) is 4. The zero-order valence-electron chi connectivity index (χ0n) is 27.2. The van der Waals surface area contributed by atoms with Crippen LogP contribution in [0, 0.1) is 0 Å². The normalized spacial score (nSPS) is 13.4. The number of nitrogens with one attached hydrogen (secondary N) is 3. The maximum absolute atomic E-state index is 12.8. The summed E-state index contributed by atoms with van der Waals surface area (Å²) in [6.07, 6.45) is 4.40. The van der Waals surface area contributed by atoms with Crippen molar-refractivity contribution < 1.29 is 9.59 Å². The largest absolute Gasteiger partial charge is 0.378 e. The van der Waals surface area contributed by atoms with Crippen molar-refractivity contribution in [2.75, 3.05) is 74.2 Å². The van der Waals surface area contributed by atoms with E-state index in [9.17, 15) is 9.59 Å². The van der Waals surface area contributed by atoms with Crippen LogP contribution in [0.5, 0.6) is 0 Å². The molecule has 3 N–H and O–H groups in total. The van der Waals surface area contributed by atoms with Gasteiger partial charge in [0.15, 0.2) is 0 Å². The standard InChI is InChI=1S/C36H47N7O2/c1-5-19-42(6-2)22-17-34(44)37-27-11-15-30-32(24-27)40-33-25-28(38-35(45)18-23-43-20-7-8-21-43)12-16-31(33)36(30)39-26-9-13-29(14-10-26)41(3)4/h9-16,24-25H,5-8,17-23H2,1-4H3,(H,37,44)(H,38,45)(H,39,40). The fraction of sp³-hybridized carbons (Fsp3) is 0.417. The minimum Gasteiger partial charge on any atom is -0.378 e. The van der Waals surface area contributed by atoms with Crippen LogP contribution in [-0.4, -0.2) is 80.0 Å². The summed E-state index contributed by atoms with van der Waals surface area (Å²) in [5.74, 6) is -0.00473. The van der Waals surface area contributed by atoms with Gasteiger partial charge in [0, 0.05) is 73.5 Å². The number of aromatic nitrogens is 1. The second kappa shape index (κ2) is 15.2. The summed E-state index contributed by atoms with van der Waals surface area (Å²) in [5, 5.41) is 11.7. The number of hydrogen-bond acceptors (Lipinski definition) is 7. The number of amides is 2. The van der Waals surface area contributed by atoms with E-state index in [0.29, 0.717) is 18.5 Å². The molecule has 1 aromatic heterocycles. The molecule has 0 atom stereocenters. The number of carbonyl (C=O) groups is 2. The Morgan fingerprint density at radius 3 is 1.91 bits per heavy atom. The highest BCUT2D eigenvalue weighted by Gasteiger charge is 2.15. The number of benzene rings is 3. The molecular formula is C36H47N7O2. The molecule has 9 heteroatoms. The molecule has 0 saturated carbocycles. The van der Waals surface area contributed by atoms with Crippen molar-refractivity contribution in [3.8, 4) is 0 Å². The molecule has 1 aliphatic rings. The number of fused-ring (bicyclic) bond motifs is 2. The molecule has 0 unspecified atom stereocenters. The Morgan fingerprint density at radius 2 is 1.36 bits per heavy atom. The molecule has 1 fully saturated rings. The highest BCUT2D eigenvalue weighted by molar-refractivity contribution is 6.10. The van der Waals surface area contributed by atoms with Crippen molar-refractivity contribution in [3.05, 3.63) is 60.7 Å². The summed E-state index contributed by atoms with van der Waals surface area (Å²) in [4.78, 5) is 37.3. The second-order valence-corrected chi connectivity index (χ2v) is 12.1. The van der Waals surface area contributed by atoms with E-state index in [0.717, 1.165) is 90.2 Å². The zero-order chi connectivity index (χ0) is 31.8. The van der Waals surface area contributed by atoms with Crippen LogP contribution in [0.25, 0.3) is 21.8 Å². The van der Waals surface area contributed by atoms with E-state index >= 15 is 0 Å². The van der Waals surface area contributed by atoms with Gasteiger partial charge in [-0.15, -0.1) is 0 Å². The van der Waals surface area contributed by atoms with Crippen LogP contribution >= 0.6 is 0 Å². The summed E-state index contributed by atoms with van der Waals surface area (Å²) in [7, 11) is 4.05. The highest BCUT2D eigenvalue weighted by Crippen LogP contribution is 2.36. The van der Waals surface area contributed by atoms with Gasteiger partial charge < -0.3 is 30.7 Å². The first-order valence-corrected chi connectivity index (χ1v) is 16.3. The van der Waals surface area contributed by atoms with Gasteiger partial charge in [-0.05, 0) is 106 Å². The lowest BCUT2D eigenvalue weighted by molar-refractivity contribution is -0.117. The molecular weight excluding hydrogens is 562 g/mol. The monoisotopic (exact) mass is 609 g/mol. The average molecular weight is 610 g/mol. The smallest absolute Gasteiger partial charge is 0.225 e. The van der Waals surface area contributed by atoms with Crippen LogP contribution in [0.15, 0.2) is 60.7 Å². The van der Waals surface area contributed by atoms with E-state index in [1.165, 1.54) is 12.8 Å². The molecule has 0 radical (unpaired) electrons.